The number of anilines is 1. The number of nitrogens with zero attached hydrogens (tertiary/aromatic N) is 2. The molecule has 2 aromatic rings. The van der Waals surface area contributed by atoms with Crippen LogP contribution in [0.4, 0.5) is 10.5 Å². The second-order valence-electron chi connectivity index (χ2n) is 6.58. The molecule has 0 bridgehead atoms. The first-order chi connectivity index (χ1) is 12.8. The molecular weight excluding hydrogens is 429 g/mol. The van der Waals surface area contributed by atoms with E-state index in [2.05, 4.69) is 45.4 Å². The minimum absolute atomic E-state index is 0. The molecule has 162 valence electrons. The number of hydrogen-bond acceptors (Lipinski definition) is 4. The Morgan fingerprint density at radius 3 is 2.03 bits per heavy atom. The van der Waals surface area contributed by atoms with Crippen LogP contribution in [0.3, 0.4) is 0 Å². The molecule has 5 nitrogen and oxygen atoms in total. The van der Waals surface area contributed by atoms with Crippen LogP contribution in [0.2, 0.25) is 0 Å². The fraction of sp³-hybridized carbons (Fsp3) is 0.381. The van der Waals surface area contributed by atoms with Crippen LogP contribution >= 0.6 is 36.6 Å². The molecule has 1 fully saturated rings. The molecule has 1 amide bonds. The van der Waals surface area contributed by atoms with Gasteiger partial charge >= 0.3 is 0 Å². The van der Waals surface area contributed by atoms with E-state index in [9.17, 15) is 4.79 Å². The highest BCUT2D eigenvalue weighted by Crippen LogP contribution is 2.13. The highest BCUT2D eigenvalue weighted by molar-refractivity contribution is 8.13. The van der Waals surface area contributed by atoms with Crippen molar-refractivity contribution in [2.45, 2.75) is 13.0 Å². The van der Waals surface area contributed by atoms with E-state index < -0.39 is 0 Å². The number of halogens is 2. The molecule has 0 spiro atoms. The second-order valence-corrected chi connectivity index (χ2v) is 7.65. The average molecular weight is 460 g/mol. The molecule has 1 saturated heterocycles. The third kappa shape index (κ3) is 10.3. The number of amides is 1. The Hall–Kier alpha value is -1.28. The van der Waals surface area contributed by atoms with Crippen molar-refractivity contribution in [3.05, 3.63) is 66.2 Å². The highest BCUT2D eigenvalue weighted by Gasteiger charge is 2.16. The lowest BCUT2D eigenvalue weighted by Gasteiger charge is -2.34. The van der Waals surface area contributed by atoms with Crippen LogP contribution in [0, 0.1) is 0 Å². The zero-order chi connectivity index (χ0) is 18.0. The standard InChI is InChI=1S/C21H27N3OS.2ClH.H2O/c25-21(22-20-10-5-2-6-11-20)26-17-7-12-23-13-15-24(16-14-23)18-19-8-3-1-4-9-19;;;/h1-6,8-11H,7,12-18H2,(H,22,25);2*1H;1H2. The zero-order valence-corrected chi connectivity index (χ0v) is 18.9. The van der Waals surface area contributed by atoms with Crippen molar-refractivity contribution in [3.8, 4) is 0 Å². The Balaban J connectivity index is 0.00000261. The third-order valence-electron chi connectivity index (χ3n) is 4.59. The fourth-order valence-corrected chi connectivity index (χ4v) is 3.79. The minimum atomic E-state index is 0. The second kappa shape index (κ2) is 15.5. The quantitative estimate of drug-likeness (QED) is 0.630. The molecule has 0 aliphatic carbocycles. The Bertz CT molecular complexity index is 672. The number of hydrogen-bond donors (Lipinski definition) is 1. The van der Waals surface area contributed by atoms with Gasteiger partial charge < -0.3 is 15.7 Å². The molecule has 3 N–H and O–H groups in total. The van der Waals surface area contributed by atoms with Gasteiger partial charge in [-0.1, -0.05) is 60.3 Å². The number of para-hydroxylation sites is 1. The van der Waals surface area contributed by atoms with E-state index >= 15 is 0 Å². The molecular formula is C21H31Cl2N3O2S. The summed E-state index contributed by atoms with van der Waals surface area (Å²) in [5.74, 6) is 0.864. The van der Waals surface area contributed by atoms with Crippen LogP contribution in [-0.4, -0.2) is 59.0 Å². The molecule has 2 aromatic carbocycles. The van der Waals surface area contributed by atoms with Crippen molar-refractivity contribution < 1.29 is 10.3 Å². The van der Waals surface area contributed by atoms with E-state index in [1.807, 2.05) is 30.3 Å². The maximum Gasteiger partial charge on any atom is 0.283 e. The lowest BCUT2D eigenvalue weighted by molar-refractivity contribution is 0.127. The van der Waals surface area contributed by atoms with Gasteiger partial charge in [-0.05, 0) is 30.7 Å². The molecule has 0 saturated carbocycles. The van der Waals surface area contributed by atoms with E-state index in [1.165, 1.54) is 17.3 Å². The maximum atomic E-state index is 11.9. The number of carbonyl (C=O) groups excluding carboxylic acids is 1. The number of carbonyl (C=O) groups is 1. The summed E-state index contributed by atoms with van der Waals surface area (Å²) in [6, 6.07) is 20.3. The molecule has 0 atom stereocenters. The van der Waals surface area contributed by atoms with E-state index in [4.69, 9.17) is 0 Å². The molecule has 1 aliphatic rings. The summed E-state index contributed by atoms with van der Waals surface area (Å²) in [6.07, 6.45) is 1.05. The summed E-state index contributed by atoms with van der Waals surface area (Å²) < 4.78 is 0. The number of piperazine rings is 1. The summed E-state index contributed by atoms with van der Waals surface area (Å²) in [5, 5.41) is 2.94. The number of rotatable bonds is 7. The van der Waals surface area contributed by atoms with Gasteiger partial charge in [-0.3, -0.25) is 9.69 Å². The van der Waals surface area contributed by atoms with Gasteiger partial charge in [0.25, 0.3) is 5.24 Å². The first kappa shape index (κ1) is 27.7. The summed E-state index contributed by atoms with van der Waals surface area (Å²) in [7, 11) is 0. The summed E-state index contributed by atoms with van der Waals surface area (Å²) in [4.78, 5) is 16.9. The van der Waals surface area contributed by atoms with E-state index in [-0.39, 0.29) is 35.5 Å². The highest BCUT2D eigenvalue weighted by atomic mass is 35.5. The van der Waals surface area contributed by atoms with Crippen molar-refractivity contribution in [1.29, 1.82) is 0 Å². The van der Waals surface area contributed by atoms with Gasteiger partial charge in [0.15, 0.2) is 0 Å². The van der Waals surface area contributed by atoms with Crippen LogP contribution in [0.15, 0.2) is 60.7 Å². The van der Waals surface area contributed by atoms with Crippen molar-refractivity contribution in [1.82, 2.24) is 9.80 Å². The van der Waals surface area contributed by atoms with Gasteiger partial charge in [-0.25, -0.2) is 0 Å². The van der Waals surface area contributed by atoms with Gasteiger partial charge in [-0.2, -0.15) is 0 Å². The Morgan fingerprint density at radius 1 is 0.862 bits per heavy atom. The van der Waals surface area contributed by atoms with E-state index in [1.54, 1.807) is 0 Å². The Morgan fingerprint density at radius 2 is 1.41 bits per heavy atom. The molecule has 1 aliphatic heterocycles. The van der Waals surface area contributed by atoms with E-state index in [0.717, 1.165) is 57.1 Å². The Labute approximate surface area is 190 Å². The summed E-state index contributed by atoms with van der Waals surface area (Å²) in [6.45, 7) is 6.60. The molecule has 0 radical (unpaired) electrons. The number of benzene rings is 2. The lowest BCUT2D eigenvalue weighted by Crippen LogP contribution is -2.46. The van der Waals surface area contributed by atoms with Gasteiger partial charge in [0.05, 0.1) is 0 Å². The smallest absolute Gasteiger partial charge is 0.283 e. The zero-order valence-electron chi connectivity index (χ0n) is 16.5. The fourth-order valence-electron chi connectivity index (χ4n) is 3.14. The largest absolute Gasteiger partial charge is 0.412 e. The van der Waals surface area contributed by atoms with Gasteiger partial charge in [0.1, 0.15) is 0 Å². The van der Waals surface area contributed by atoms with Gasteiger partial charge in [0.2, 0.25) is 0 Å². The predicted octanol–water partition coefficient (Wildman–Crippen LogP) is 4.18. The van der Waals surface area contributed by atoms with Crippen molar-refractivity contribution >= 4 is 47.5 Å². The minimum Gasteiger partial charge on any atom is -0.412 e. The van der Waals surface area contributed by atoms with Gasteiger partial charge in [-0.15, -0.1) is 24.8 Å². The topological polar surface area (TPSA) is 67.1 Å². The number of nitrogens with one attached hydrogen (secondary N) is 1. The normalized spacial score (nSPS) is 14.1. The third-order valence-corrected chi connectivity index (χ3v) is 5.44. The van der Waals surface area contributed by atoms with Crippen LogP contribution in [-0.2, 0) is 6.54 Å². The molecule has 0 unspecified atom stereocenters. The molecule has 1 heterocycles. The van der Waals surface area contributed by atoms with Crippen molar-refractivity contribution in [2.75, 3.05) is 43.8 Å². The number of thioether (sulfide) groups is 1. The average Bonchev–Trinajstić information content (AvgIpc) is 2.68. The molecule has 8 heteroatoms. The first-order valence-electron chi connectivity index (χ1n) is 9.27. The molecule has 0 aromatic heterocycles. The molecule has 29 heavy (non-hydrogen) atoms. The van der Waals surface area contributed by atoms with Crippen LogP contribution in [0.25, 0.3) is 0 Å². The predicted molar refractivity (Wildman–Crippen MR) is 129 cm³/mol. The SMILES string of the molecule is Cl.Cl.O.O=C(Nc1ccccc1)SCCCN1CCN(Cc2ccccc2)CC1. The monoisotopic (exact) mass is 459 g/mol. The van der Waals surface area contributed by atoms with Crippen LogP contribution < -0.4 is 5.32 Å². The molecule has 3 rings (SSSR count). The Kier molecular flexibility index (Phi) is 14.9. The summed E-state index contributed by atoms with van der Waals surface area (Å²) in [5.41, 5.74) is 2.25. The lowest BCUT2D eigenvalue weighted by atomic mass is 10.2. The van der Waals surface area contributed by atoms with Crippen molar-refractivity contribution in [2.24, 2.45) is 0 Å². The van der Waals surface area contributed by atoms with Crippen LogP contribution in [0.1, 0.15) is 12.0 Å². The van der Waals surface area contributed by atoms with Crippen LogP contribution in [0.5, 0.6) is 0 Å². The van der Waals surface area contributed by atoms with Gasteiger partial charge in [0, 0.05) is 44.2 Å². The maximum absolute atomic E-state index is 11.9. The van der Waals surface area contributed by atoms with E-state index in [0.29, 0.717) is 0 Å². The summed E-state index contributed by atoms with van der Waals surface area (Å²) >= 11 is 1.38. The van der Waals surface area contributed by atoms with Crippen molar-refractivity contribution in [3.63, 3.8) is 0 Å². The first-order valence-corrected chi connectivity index (χ1v) is 10.3.